The predicted octanol–water partition coefficient (Wildman–Crippen LogP) is 1.94. The average Bonchev–Trinajstić information content (AvgIpc) is 2.99. The summed E-state index contributed by atoms with van der Waals surface area (Å²) in [5.74, 6) is 0.961. The summed E-state index contributed by atoms with van der Waals surface area (Å²) in [4.78, 5) is 25.5. The zero-order chi connectivity index (χ0) is 20.4. The summed E-state index contributed by atoms with van der Waals surface area (Å²) < 4.78 is 13.5. The molecule has 0 spiro atoms. The summed E-state index contributed by atoms with van der Waals surface area (Å²) in [6, 6.07) is 6.60. The molecule has 8 heteroatoms. The molecule has 1 aromatic carbocycles. The van der Waals surface area contributed by atoms with Crippen molar-refractivity contribution >= 4 is 16.8 Å². The minimum atomic E-state index is -0.660. The molecule has 2 heterocycles. The van der Waals surface area contributed by atoms with E-state index < -0.39 is 6.04 Å². The maximum Gasteiger partial charge on any atom is 0.277 e. The van der Waals surface area contributed by atoms with Crippen LogP contribution in [0.2, 0.25) is 0 Å². The lowest BCUT2D eigenvalue weighted by Crippen LogP contribution is -2.35. The van der Waals surface area contributed by atoms with E-state index in [1.165, 1.54) is 4.57 Å². The highest BCUT2D eigenvalue weighted by Crippen LogP contribution is 2.27. The molecule has 0 saturated carbocycles. The lowest BCUT2D eigenvalue weighted by atomic mass is 10.2. The van der Waals surface area contributed by atoms with Crippen LogP contribution in [0.5, 0.6) is 11.5 Å². The Bertz CT molecular complexity index is 1080. The number of carbonyl (C=O) groups excluding carboxylic acids is 1. The molecule has 0 bridgehead atoms. The zero-order valence-corrected chi connectivity index (χ0v) is 16.6. The highest BCUT2D eigenvalue weighted by molar-refractivity contribution is 5.83. The Labute approximate surface area is 162 Å². The monoisotopic (exact) mass is 384 g/mol. The minimum Gasteiger partial charge on any atom is -0.493 e. The molecule has 0 saturated heterocycles. The number of carbonyl (C=O) groups is 1. The summed E-state index contributed by atoms with van der Waals surface area (Å²) in [5, 5.41) is 7.94. The second-order valence-corrected chi connectivity index (χ2v) is 6.58. The molecule has 0 radical (unpaired) electrons. The van der Waals surface area contributed by atoms with Crippen LogP contribution in [0.4, 0.5) is 0 Å². The van der Waals surface area contributed by atoms with Crippen LogP contribution in [0.1, 0.15) is 24.2 Å². The van der Waals surface area contributed by atoms with Crippen molar-refractivity contribution in [3.8, 4) is 11.5 Å². The number of ether oxygens (including phenoxy) is 2. The number of hydrogen-bond donors (Lipinski definition) is 1. The van der Waals surface area contributed by atoms with Gasteiger partial charge < -0.3 is 19.4 Å². The fourth-order valence-electron chi connectivity index (χ4n) is 3.23. The van der Waals surface area contributed by atoms with Gasteiger partial charge >= 0.3 is 0 Å². The van der Waals surface area contributed by atoms with Gasteiger partial charge in [0.15, 0.2) is 11.5 Å². The Morgan fingerprint density at radius 1 is 1.21 bits per heavy atom. The van der Waals surface area contributed by atoms with Gasteiger partial charge in [-0.15, -0.1) is 0 Å². The first-order chi connectivity index (χ1) is 13.4. The van der Waals surface area contributed by atoms with Gasteiger partial charge in [0.25, 0.3) is 5.56 Å². The maximum absolute atomic E-state index is 12.8. The second-order valence-electron chi connectivity index (χ2n) is 6.58. The zero-order valence-electron chi connectivity index (χ0n) is 16.6. The van der Waals surface area contributed by atoms with E-state index in [1.807, 2.05) is 19.1 Å². The number of amides is 1. The summed E-state index contributed by atoms with van der Waals surface area (Å²) in [5.41, 5.74) is 1.89. The van der Waals surface area contributed by atoms with Crippen molar-refractivity contribution in [3.63, 3.8) is 0 Å². The fourth-order valence-corrected chi connectivity index (χ4v) is 3.23. The van der Waals surface area contributed by atoms with Crippen LogP contribution in [0.3, 0.4) is 0 Å². The molecule has 2 aromatic heterocycles. The van der Waals surface area contributed by atoms with Gasteiger partial charge in [0.2, 0.25) is 5.91 Å². The van der Waals surface area contributed by atoms with Crippen LogP contribution < -0.4 is 20.3 Å². The van der Waals surface area contributed by atoms with Crippen molar-refractivity contribution < 1.29 is 14.3 Å². The standard InChI is InChI=1S/C20H24N4O4/c1-12-15-8-9-24(20(26)18(15)23(3)22-12)13(2)19(25)21-11-14-6-7-16(27-4)17(10-14)28-5/h6-10,13H,11H2,1-5H3,(H,21,25)/t13-/m1/s1. The molecular weight excluding hydrogens is 360 g/mol. The molecule has 1 atom stereocenters. The van der Waals surface area contributed by atoms with Crippen molar-refractivity contribution in [3.05, 3.63) is 52.1 Å². The van der Waals surface area contributed by atoms with Crippen molar-refractivity contribution in [2.45, 2.75) is 26.4 Å². The van der Waals surface area contributed by atoms with Crippen molar-refractivity contribution in [2.24, 2.45) is 7.05 Å². The van der Waals surface area contributed by atoms with Crippen molar-refractivity contribution in [1.29, 1.82) is 0 Å². The topological polar surface area (TPSA) is 87.4 Å². The van der Waals surface area contributed by atoms with E-state index in [0.717, 1.165) is 16.6 Å². The number of rotatable bonds is 6. The highest BCUT2D eigenvalue weighted by Gasteiger charge is 2.19. The first-order valence-corrected chi connectivity index (χ1v) is 8.90. The maximum atomic E-state index is 12.8. The van der Waals surface area contributed by atoms with Crippen LogP contribution in [-0.2, 0) is 18.4 Å². The Balaban J connectivity index is 1.78. The van der Waals surface area contributed by atoms with E-state index in [9.17, 15) is 9.59 Å². The van der Waals surface area contributed by atoms with Crippen LogP contribution in [-0.4, -0.2) is 34.5 Å². The number of pyridine rings is 1. The Morgan fingerprint density at radius 3 is 2.61 bits per heavy atom. The van der Waals surface area contributed by atoms with Gasteiger partial charge in [-0.25, -0.2) is 0 Å². The number of aromatic nitrogens is 3. The van der Waals surface area contributed by atoms with Crippen LogP contribution in [0.25, 0.3) is 10.9 Å². The highest BCUT2D eigenvalue weighted by atomic mass is 16.5. The molecule has 1 N–H and O–H groups in total. The molecule has 0 aliphatic carbocycles. The summed E-state index contributed by atoms with van der Waals surface area (Å²) in [6.45, 7) is 3.86. The third-order valence-corrected chi connectivity index (χ3v) is 4.82. The van der Waals surface area contributed by atoms with Gasteiger partial charge in [0, 0.05) is 25.2 Å². The minimum absolute atomic E-state index is 0.241. The number of benzene rings is 1. The molecule has 0 aliphatic rings. The van der Waals surface area contributed by atoms with Gasteiger partial charge in [-0.1, -0.05) is 6.07 Å². The third kappa shape index (κ3) is 3.45. The predicted molar refractivity (Wildman–Crippen MR) is 106 cm³/mol. The first-order valence-electron chi connectivity index (χ1n) is 8.90. The van der Waals surface area contributed by atoms with Crippen molar-refractivity contribution in [1.82, 2.24) is 19.7 Å². The third-order valence-electron chi connectivity index (χ3n) is 4.82. The smallest absolute Gasteiger partial charge is 0.277 e. The van der Waals surface area contributed by atoms with Crippen molar-refractivity contribution in [2.75, 3.05) is 14.2 Å². The van der Waals surface area contributed by atoms with Gasteiger partial charge in [0.05, 0.1) is 19.9 Å². The number of aryl methyl sites for hydroxylation is 2. The number of nitrogens with one attached hydrogen (secondary N) is 1. The molecule has 1 amide bonds. The second kappa shape index (κ2) is 7.75. The summed E-state index contributed by atoms with van der Waals surface area (Å²) >= 11 is 0. The van der Waals surface area contributed by atoms with E-state index in [1.54, 1.807) is 51.2 Å². The molecular formula is C20H24N4O4. The van der Waals surface area contributed by atoms with E-state index in [-0.39, 0.29) is 11.5 Å². The largest absolute Gasteiger partial charge is 0.493 e. The molecule has 28 heavy (non-hydrogen) atoms. The van der Waals surface area contributed by atoms with E-state index in [4.69, 9.17) is 9.47 Å². The Hall–Kier alpha value is -3.29. The molecule has 3 rings (SSSR count). The fraction of sp³-hybridized carbons (Fsp3) is 0.350. The Morgan fingerprint density at radius 2 is 1.93 bits per heavy atom. The van der Waals surface area contributed by atoms with Crippen LogP contribution >= 0.6 is 0 Å². The van der Waals surface area contributed by atoms with Crippen LogP contribution in [0.15, 0.2) is 35.3 Å². The molecule has 148 valence electrons. The molecule has 3 aromatic rings. The molecule has 8 nitrogen and oxygen atoms in total. The van der Waals surface area contributed by atoms with E-state index in [0.29, 0.717) is 23.6 Å². The first kappa shape index (κ1) is 19.5. The quantitative estimate of drug-likeness (QED) is 0.702. The Kier molecular flexibility index (Phi) is 5.39. The lowest BCUT2D eigenvalue weighted by molar-refractivity contribution is -0.124. The van der Waals surface area contributed by atoms with Gasteiger partial charge in [0.1, 0.15) is 11.6 Å². The number of fused-ring (bicyclic) bond motifs is 1. The van der Waals surface area contributed by atoms with Gasteiger partial charge in [-0.2, -0.15) is 5.10 Å². The normalized spacial score (nSPS) is 12.0. The average molecular weight is 384 g/mol. The SMILES string of the molecule is COc1ccc(CNC(=O)[C@@H](C)n2ccc3c(C)nn(C)c3c2=O)cc1OC. The van der Waals surface area contributed by atoms with Gasteiger partial charge in [-0.3, -0.25) is 14.3 Å². The lowest BCUT2D eigenvalue weighted by Gasteiger charge is -2.16. The number of nitrogens with zero attached hydrogens (tertiary/aromatic N) is 3. The summed E-state index contributed by atoms with van der Waals surface area (Å²) in [6.07, 6.45) is 1.64. The van der Waals surface area contributed by atoms with Gasteiger partial charge in [-0.05, 0) is 37.6 Å². The molecule has 0 unspecified atom stereocenters. The van der Waals surface area contributed by atoms with E-state index >= 15 is 0 Å². The van der Waals surface area contributed by atoms with Crippen LogP contribution in [0, 0.1) is 6.92 Å². The molecule has 0 fully saturated rings. The molecule has 0 aliphatic heterocycles. The van der Waals surface area contributed by atoms with E-state index in [2.05, 4.69) is 10.4 Å². The number of methoxy groups -OCH3 is 2. The number of hydrogen-bond acceptors (Lipinski definition) is 5. The summed E-state index contributed by atoms with van der Waals surface area (Å²) in [7, 11) is 4.85.